The van der Waals surface area contributed by atoms with Gasteiger partial charge < -0.3 is 4.18 Å². The third kappa shape index (κ3) is 5.62. The lowest BCUT2D eigenvalue weighted by Gasteiger charge is -2.12. The molecule has 1 heterocycles. The Kier molecular flexibility index (Phi) is 6.87. The van der Waals surface area contributed by atoms with Crippen molar-refractivity contribution in [3.8, 4) is 22.7 Å². The largest absolute Gasteiger partial charge is 0.390 e. The van der Waals surface area contributed by atoms with Gasteiger partial charge in [0.05, 0.1) is 28.6 Å². The molecule has 0 amide bonds. The molecule has 0 aliphatic heterocycles. The van der Waals surface area contributed by atoms with Crippen LogP contribution < -0.4 is 4.18 Å². The molecule has 0 fully saturated rings. The van der Waals surface area contributed by atoms with Crippen LogP contribution in [0.25, 0.3) is 16.9 Å². The second-order valence-electron chi connectivity index (χ2n) is 6.69. The highest BCUT2D eigenvalue weighted by atomic mass is 35.5. The maximum Gasteiger partial charge on any atom is 0.390 e. The van der Waals surface area contributed by atoms with Gasteiger partial charge in [0.15, 0.2) is 0 Å². The van der Waals surface area contributed by atoms with Gasteiger partial charge in [0, 0.05) is 11.1 Å². The first-order valence-corrected chi connectivity index (χ1v) is 11.3. The summed E-state index contributed by atoms with van der Waals surface area (Å²) in [6.07, 6.45) is -6.13. The van der Waals surface area contributed by atoms with Crippen LogP contribution in [0.5, 0.6) is 5.75 Å². The molecular weight excluding hydrogens is 492 g/mol. The van der Waals surface area contributed by atoms with Gasteiger partial charge in [0.2, 0.25) is 0 Å². The van der Waals surface area contributed by atoms with E-state index in [4.69, 9.17) is 27.4 Å². The Bertz CT molecular complexity index is 1260. The molecule has 0 N–H and O–H groups in total. The Labute approximate surface area is 191 Å². The van der Waals surface area contributed by atoms with Crippen LogP contribution in [-0.2, 0) is 10.1 Å². The van der Waals surface area contributed by atoms with Crippen molar-refractivity contribution in [2.24, 2.45) is 0 Å². The van der Waals surface area contributed by atoms with Gasteiger partial charge in [-0.2, -0.15) is 26.7 Å². The minimum absolute atomic E-state index is 0.0108. The van der Waals surface area contributed by atoms with Crippen LogP contribution in [0.3, 0.4) is 0 Å². The van der Waals surface area contributed by atoms with Gasteiger partial charge in [0.1, 0.15) is 11.4 Å². The Hall–Kier alpha value is -2.56. The molecule has 170 valence electrons. The van der Waals surface area contributed by atoms with E-state index >= 15 is 0 Å². The minimum atomic E-state index is -4.62. The first kappa shape index (κ1) is 24.1. The average Bonchev–Trinajstić information content (AvgIpc) is 3.04. The van der Waals surface area contributed by atoms with E-state index in [0.717, 1.165) is 0 Å². The van der Waals surface area contributed by atoms with E-state index in [1.165, 1.54) is 28.9 Å². The van der Waals surface area contributed by atoms with Crippen LogP contribution in [-0.4, -0.2) is 35.4 Å². The number of carbonyl (C=O) groups excluding carboxylic acids is 1. The molecule has 0 spiro atoms. The van der Waals surface area contributed by atoms with Crippen LogP contribution in [0.4, 0.5) is 13.2 Å². The summed E-state index contributed by atoms with van der Waals surface area (Å²) in [7, 11) is -4.43. The Morgan fingerprint density at radius 1 is 1.12 bits per heavy atom. The number of nitrogens with zero attached hydrogens (tertiary/aromatic N) is 2. The van der Waals surface area contributed by atoms with Gasteiger partial charge in [-0.15, -0.1) is 0 Å². The van der Waals surface area contributed by atoms with E-state index in [-0.39, 0.29) is 11.4 Å². The number of carbonyl (C=O) groups is 1. The van der Waals surface area contributed by atoms with Crippen molar-refractivity contribution in [2.75, 3.05) is 5.75 Å². The maximum atomic E-state index is 12.3. The molecule has 0 unspecified atom stereocenters. The van der Waals surface area contributed by atoms with E-state index in [2.05, 4.69) is 5.10 Å². The molecule has 2 aromatic carbocycles. The predicted molar refractivity (Wildman–Crippen MR) is 114 cm³/mol. The van der Waals surface area contributed by atoms with Crippen molar-refractivity contribution < 1.29 is 30.6 Å². The van der Waals surface area contributed by atoms with Gasteiger partial charge >= 0.3 is 16.3 Å². The quantitative estimate of drug-likeness (QED) is 0.310. The molecule has 0 aliphatic carbocycles. The van der Waals surface area contributed by atoms with Gasteiger partial charge in [-0.25, -0.2) is 4.68 Å². The van der Waals surface area contributed by atoms with Crippen molar-refractivity contribution in [3.63, 3.8) is 0 Å². The number of benzene rings is 2. The fraction of sp³-hybridized carbons (Fsp3) is 0.200. The topological polar surface area (TPSA) is 78.3 Å². The monoisotopic (exact) mass is 506 g/mol. The van der Waals surface area contributed by atoms with Gasteiger partial charge in [0.25, 0.3) is 5.24 Å². The first-order valence-electron chi connectivity index (χ1n) is 9.01. The number of para-hydroxylation sites is 1. The molecule has 0 radical (unpaired) electrons. The van der Waals surface area contributed by atoms with Crippen LogP contribution in [0.2, 0.25) is 5.02 Å². The summed E-state index contributed by atoms with van der Waals surface area (Å²) in [5.41, 5.74) is 1.92. The van der Waals surface area contributed by atoms with E-state index < -0.39 is 33.7 Å². The molecule has 3 rings (SSSR count). The number of alkyl halides is 3. The van der Waals surface area contributed by atoms with Crippen LogP contribution in [0, 0.1) is 6.92 Å². The molecular formula is C20H15Cl2F3N2O4S. The molecule has 32 heavy (non-hydrogen) atoms. The fourth-order valence-corrected chi connectivity index (χ4v) is 4.28. The molecule has 0 atom stereocenters. The highest BCUT2D eigenvalue weighted by molar-refractivity contribution is 7.87. The van der Waals surface area contributed by atoms with Crippen LogP contribution in [0.15, 0.2) is 48.5 Å². The molecule has 0 saturated heterocycles. The smallest absolute Gasteiger partial charge is 0.382 e. The van der Waals surface area contributed by atoms with Crippen LogP contribution >= 0.6 is 23.2 Å². The summed E-state index contributed by atoms with van der Waals surface area (Å²) in [5, 5.41) is 3.85. The summed E-state index contributed by atoms with van der Waals surface area (Å²) in [5.74, 6) is -1.36. The number of hydrogen-bond donors (Lipinski definition) is 0. The first-order chi connectivity index (χ1) is 14.9. The highest BCUT2D eigenvalue weighted by Gasteiger charge is 2.30. The van der Waals surface area contributed by atoms with Crippen molar-refractivity contribution in [2.45, 2.75) is 19.5 Å². The highest BCUT2D eigenvalue weighted by Crippen LogP contribution is 2.33. The molecule has 3 aromatic rings. The zero-order chi connectivity index (χ0) is 23.7. The molecule has 0 bridgehead atoms. The van der Waals surface area contributed by atoms with Crippen molar-refractivity contribution in [1.82, 2.24) is 9.78 Å². The zero-order valence-corrected chi connectivity index (χ0v) is 18.7. The SMILES string of the molecule is Cc1c(C(=O)Cl)nn(-c2ccccc2Cl)c1-c1ccc(OS(=O)(=O)CCC(F)(F)F)cc1. The number of rotatable bonds is 7. The Morgan fingerprint density at radius 2 is 1.75 bits per heavy atom. The lowest BCUT2D eigenvalue weighted by atomic mass is 10.1. The summed E-state index contributed by atoms with van der Waals surface area (Å²) >= 11 is 11.9. The van der Waals surface area contributed by atoms with Crippen molar-refractivity contribution in [3.05, 3.63) is 64.8 Å². The fourth-order valence-electron chi connectivity index (χ4n) is 2.92. The van der Waals surface area contributed by atoms with Crippen molar-refractivity contribution in [1.29, 1.82) is 0 Å². The van der Waals surface area contributed by atoms with E-state index in [0.29, 0.717) is 27.5 Å². The Morgan fingerprint density at radius 3 is 2.31 bits per heavy atom. The summed E-state index contributed by atoms with van der Waals surface area (Å²) < 4.78 is 66.7. The summed E-state index contributed by atoms with van der Waals surface area (Å²) in [6, 6.07) is 12.3. The predicted octanol–water partition coefficient (Wildman–Crippen LogP) is 5.54. The second-order valence-corrected chi connectivity index (χ2v) is 9.13. The molecule has 6 nitrogen and oxygen atoms in total. The molecule has 12 heteroatoms. The standard InChI is InChI=1S/C20H15Cl2F3N2O4S/c1-12-17(19(22)28)26-27(16-5-3-2-4-15(16)21)18(12)13-6-8-14(9-7-13)31-32(29,30)11-10-20(23,24)25/h2-9H,10-11H2,1H3. The average molecular weight is 507 g/mol. The molecule has 0 aliphatic rings. The third-order valence-electron chi connectivity index (χ3n) is 4.38. The lowest BCUT2D eigenvalue weighted by Crippen LogP contribution is -2.20. The lowest BCUT2D eigenvalue weighted by molar-refractivity contribution is -0.130. The number of aromatic nitrogens is 2. The van der Waals surface area contributed by atoms with Gasteiger partial charge in [-0.3, -0.25) is 4.79 Å². The van der Waals surface area contributed by atoms with Gasteiger partial charge in [-0.05, 0) is 54.9 Å². The number of halogens is 5. The summed E-state index contributed by atoms with van der Waals surface area (Å²) in [4.78, 5) is 11.8. The second kappa shape index (κ2) is 9.13. The Balaban J connectivity index is 1.97. The number of hydrogen-bond acceptors (Lipinski definition) is 5. The van der Waals surface area contributed by atoms with E-state index in [1.807, 2.05) is 0 Å². The van der Waals surface area contributed by atoms with E-state index in [9.17, 15) is 26.4 Å². The van der Waals surface area contributed by atoms with Crippen molar-refractivity contribution >= 4 is 38.6 Å². The molecule has 1 aromatic heterocycles. The molecule has 0 saturated carbocycles. The minimum Gasteiger partial charge on any atom is -0.382 e. The zero-order valence-electron chi connectivity index (χ0n) is 16.4. The van der Waals surface area contributed by atoms with E-state index in [1.54, 1.807) is 31.2 Å². The van der Waals surface area contributed by atoms with Gasteiger partial charge in [-0.1, -0.05) is 23.7 Å². The summed E-state index contributed by atoms with van der Waals surface area (Å²) in [6.45, 7) is 1.64. The van der Waals surface area contributed by atoms with Crippen LogP contribution in [0.1, 0.15) is 22.5 Å². The maximum absolute atomic E-state index is 12.3. The normalized spacial score (nSPS) is 12.1. The third-order valence-corrected chi connectivity index (χ3v) is 6.02.